The average Bonchev–Trinajstić information content (AvgIpc) is 3.17. The maximum absolute atomic E-state index is 13.2. The number of carbonyl (C=O) groups is 5. The minimum Gasteiger partial charge on any atom is -0.480 e. The summed E-state index contributed by atoms with van der Waals surface area (Å²) in [7, 11) is 0. The van der Waals surface area contributed by atoms with Gasteiger partial charge in [-0.2, -0.15) is 0 Å². The first kappa shape index (κ1) is 25.3. The fourth-order valence-corrected chi connectivity index (χ4v) is 3.26. The van der Waals surface area contributed by atoms with Gasteiger partial charge in [0, 0.05) is 13.0 Å². The monoisotopic (exact) mass is 427 g/mol. The van der Waals surface area contributed by atoms with E-state index in [1.54, 1.807) is 0 Å². The molecule has 1 aliphatic rings. The van der Waals surface area contributed by atoms with Crippen LogP contribution in [0.2, 0.25) is 0 Å². The van der Waals surface area contributed by atoms with E-state index in [9.17, 15) is 29.1 Å². The Labute approximate surface area is 175 Å². The van der Waals surface area contributed by atoms with E-state index in [4.69, 9.17) is 11.5 Å². The van der Waals surface area contributed by atoms with Crippen LogP contribution in [0.3, 0.4) is 0 Å². The predicted molar refractivity (Wildman–Crippen MR) is 108 cm³/mol. The van der Waals surface area contributed by atoms with Crippen molar-refractivity contribution in [3.8, 4) is 0 Å². The van der Waals surface area contributed by atoms with Gasteiger partial charge in [-0.25, -0.2) is 4.79 Å². The Balaban J connectivity index is 2.94. The molecule has 170 valence electrons. The van der Waals surface area contributed by atoms with Gasteiger partial charge in [-0.1, -0.05) is 20.3 Å². The molecule has 11 heteroatoms. The molecule has 0 aliphatic carbocycles. The summed E-state index contributed by atoms with van der Waals surface area (Å²) >= 11 is 0. The molecule has 0 bridgehead atoms. The summed E-state index contributed by atoms with van der Waals surface area (Å²) in [5.74, 6) is -3.63. The van der Waals surface area contributed by atoms with Crippen molar-refractivity contribution in [3.63, 3.8) is 0 Å². The number of nitrogens with two attached hydrogens (primary N) is 2. The number of carboxylic acid groups (broad SMARTS) is 1. The topological polar surface area (TPSA) is 185 Å². The molecule has 0 saturated carbocycles. The lowest BCUT2D eigenvalue weighted by Crippen LogP contribution is -2.58. The number of primary amides is 1. The number of aliphatic carboxylic acids is 1. The van der Waals surface area contributed by atoms with Gasteiger partial charge in [0.1, 0.15) is 18.1 Å². The molecular formula is C19H33N5O6. The van der Waals surface area contributed by atoms with Crippen LogP contribution >= 0.6 is 0 Å². The van der Waals surface area contributed by atoms with Gasteiger partial charge >= 0.3 is 5.97 Å². The highest BCUT2D eigenvalue weighted by Gasteiger charge is 2.40. The van der Waals surface area contributed by atoms with E-state index in [0.717, 1.165) is 0 Å². The molecule has 1 rings (SSSR count). The molecule has 0 aromatic rings. The minimum absolute atomic E-state index is 0.142. The summed E-state index contributed by atoms with van der Waals surface area (Å²) in [6.07, 6.45) is 1.22. The number of rotatable bonds is 11. The SMILES string of the molecule is CCC(C)C(NC(=O)C(C)N)C(=O)N1CCCC1C(=O)NC(CCC(N)=O)C(=O)O. The maximum Gasteiger partial charge on any atom is 0.326 e. The van der Waals surface area contributed by atoms with Crippen LogP contribution in [0.5, 0.6) is 0 Å². The zero-order valence-electron chi connectivity index (χ0n) is 17.7. The smallest absolute Gasteiger partial charge is 0.326 e. The highest BCUT2D eigenvalue weighted by molar-refractivity contribution is 5.94. The number of likely N-dealkylation sites (tertiary alicyclic amines) is 1. The summed E-state index contributed by atoms with van der Waals surface area (Å²) < 4.78 is 0. The summed E-state index contributed by atoms with van der Waals surface area (Å²) in [6.45, 7) is 5.53. The summed E-state index contributed by atoms with van der Waals surface area (Å²) in [4.78, 5) is 61.7. The molecule has 11 nitrogen and oxygen atoms in total. The Bertz CT molecular complexity index is 668. The van der Waals surface area contributed by atoms with E-state index in [1.807, 2.05) is 13.8 Å². The van der Waals surface area contributed by atoms with Crippen molar-refractivity contribution in [2.45, 2.75) is 77.0 Å². The number of hydrogen-bond donors (Lipinski definition) is 5. The Hall–Kier alpha value is -2.69. The molecule has 0 radical (unpaired) electrons. The van der Waals surface area contributed by atoms with Crippen molar-refractivity contribution in [3.05, 3.63) is 0 Å². The van der Waals surface area contributed by atoms with Crippen LogP contribution in [-0.4, -0.2) is 70.3 Å². The highest BCUT2D eigenvalue weighted by Crippen LogP contribution is 2.22. The number of carboxylic acids is 1. The standard InChI is InChI=1S/C19H33N5O6/c1-4-10(2)15(23-16(26)11(3)20)18(28)24-9-5-6-13(24)17(27)22-12(19(29)30)7-8-14(21)25/h10-13,15H,4-9,20H2,1-3H3,(H2,21,25)(H,22,27)(H,23,26)(H,29,30). The van der Waals surface area contributed by atoms with E-state index in [0.29, 0.717) is 25.8 Å². The van der Waals surface area contributed by atoms with E-state index < -0.39 is 53.8 Å². The lowest BCUT2D eigenvalue weighted by Gasteiger charge is -2.32. The second-order valence-corrected chi connectivity index (χ2v) is 7.75. The third-order valence-corrected chi connectivity index (χ3v) is 5.32. The van der Waals surface area contributed by atoms with Crippen LogP contribution in [0.25, 0.3) is 0 Å². The second kappa shape index (κ2) is 11.5. The third kappa shape index (κ3) is 6.97. The molecule has 7 N–H and O–H groups in total. The zero-order chi connectivity index (χ0) is 23.0. The minimum atomic E-state index is -1.29. The van der Waals surface area contributed by atoms with Crippen molar-refractivity contribution in [1.82, 2.24) is 15.5 Å². The summed E-state index contributed by atoms with van der Waals surface area (Å²) in [5.41, 5.74) is 10.6. The lowest BCUT2D eigenvalue weighted by atomic mass is 9.97. The Morgan fingerprint density at radius 3 is 2.30 bits per heavy atom. The summed E-state index contributed by atoms with van der Waals surface area (Å²) in [6, 6.07) is -3.77. The molecule has 5 unspecified atom stereocenters. The Kier molecular flexibility index (Phi) is 9.70. The number of hydrogen-bond acceptors (Lipinski definition) is 6. The third-order valence-electron chi connectivity index (χ3n) is 5.32. The van der Waals surface area contributed by atoms with Gasteiger partial charge in [0.05, 0.1) is 6.04 Å². The lowest BCUT2D eigenvalue weighted by molar-refractivity contribution is -0.145. The largest absolute Gasteiger partial charge is 0.480 e. The van der Waals surface area contributed by atoms with Gasteiger partial charge < -0.3 is 32.1 Å². The van der Waals surface area contributed by atoms with Crippen molar-refractivity contribution in [1.29, 1.82) is 0 Å². The van der Waals surface area contributed by atoms with Crippen molar-refractivity contribution < 1.29 is 29.1 Å². The van der Waals surface area contributed by atoms with Gasteiger partial charge in [0.2, 0.25) is 23.6 Å². The van der Waals surface area contributed by atoms with E-state index in [1.165, 1.54) is 11.8 Å². The predicted octanol–water partition coefficient (Wildman–Crippen LogP) is -1.31. The number of amides is 4. The van der Waals surface area contributed by atoms with Gasteiger partial charge in [0.15, 0.2) is 0 Å². The molecule has 1 fully saturated rings. The van der Waals surface area contributed by atoms with E-state index in [-0.39, 0.29) is 18.8 Å². The molecule has 5 atom stereocenters. The van der Waals surface area contributed by atoms with Gasteiger partial charge in [-0.3, -0.25) is 19.2 Å². The molecule has 1 heterocycles. The molecule has 1 saturated heterocycles. The first-order chi connectivity index (χ1) is 14.0. The van der Waals surface area contributed by atoms with Gasteiger partial charge in [-0.05, 0) is 32.1 Å². The number of nitrogens with zero attached hydrogens (tertiary/aromatic N) is 1. The molecule has 0 aromatic heterocycles. The molecular weight excluding hydrogens is 394 g/mol. The fourth-order valence-electron chi connectivity index (χ4n) is 3.26. The molecule has 4 amide bonds. The Morgan fingerprint density at radius 2 is 1.80 bits per heavy atom. The van der Waals surface area contributed by atoms with Crippen molar-refractivity contribution in [2.75, 3.05) is 6.54 Å². The Morgan fingerprint density at radius 1 is 1.17 bits per heavy atom. The van der Waals surface area contributed by atoms with Crippen LogP contribution < -0.4 is 22.1 Å². The quantitative estimate of drug-likeness (QED) is 0.271. The average molecular weight is 428 g/mol. The van der Waals surface area contributed by atoms with Crippen LogP contribution in [0.1, 0.15) is 52.9 Å². The maximum atomic E-state index is 13.2. The zero-order valence-corrected chi connectivity index (χ0v) is 17.7. The van der Waals surface area contributed by atoms with Crippen molar-refractivity contribution >= 4 is 29.6 Å². The van der Waals surface area contributed by atoms with Crippen LogP contribution in [0, 0.1) is 5.92 Å². The van der Waals surface area contributed by atoms with Crippen molar-refractivity contribution in [2.24, 2.45) is 17.4 Å². The number of carbonyl (C=O) groups excluding carboxylic acids is 4. The second-order valence-electron chi connectivity index (χ2n) is 7.75. The fraction of sp³-hybridized carbons (Fsp3) is 0.737. The van der Waals surface area contributed by atoms with Crippen LogP contribution in [0.4, 0.5) is 0 Å². The highest BCUT2D eigenvalue weighted by atomic mass is 16.4. The molecule has 0 spiro atoms. The van der Waals surface area contributed by atoms with E-state index in [2.05, 4.69) is 10.6 Å². The number of nitrogens with one attached hydrogen (secondary N) is 2. The molecule has 30 heavy (non-hydrogen) atoms. The van der Waals surface area contributed by atoms with E-state index >= 15 is 0 Å². The van der Waals surface area contributed by atoms with Crippen LogP contribution in [-0.2, 0) is 24.0 Å². The normalized spacial score (nSPS) is 20.0. The summed E-state index contributed by atoms with van der Waals surface area (Å²) in [5, 5.41) is 14.3. The van der Waals surface area contributed by atoms with Crippen LogP contribution in [0.15, 0.2) is 0 Å². The molecule has 1 aliphatic heterocycles. The van der Waals surface area contributed by atoms with Gasteiger partial charge in [-0.15, -0.1) is 0 Å². The molecule has 0 aromatic carbocycles. The van der Waals surface area contributed by atoms with Gasteiger partial charge in [0.25, 0.3) is 0 Å². The first-order valence-electron chi connectivity index (χ1n) is 10.2. The first-order valence-corrected chi connectivity index (χ1v) is 10.2.